The average molecular weight is 396 g/mol. The number of amides is 1. The minimum absolute atomic E-state index is 0.118. The molecule has 2 aromatic carbocycles. The van der Waals surface area contributed by atoms with Gasteiger partial charge >= 0.3 is 0 Å². The number of nitrogens with one attached hydrogen (secondary N) is 2. The molecule has 3 rings (SSSR count). The molecule has 27 heavy (non-hydrogen) atoms. The second-order valence-corrected chi connectivity index (χ2v) is 7.86. The number of hydrogen-bond donors (Lipinski definition) is 2. The molecule has 0 unspecified atom stereocenters. The monoisotopic (exact) mass is 396 g/mol. The second kappa shape index (κ2) is 8.12. The maximum Gasteiger partial charge on any atom is 0.255 e. The van der Waals surface area contributed by atoms with Gasteiger partial charge in [0, 0.05) is 18.7 Å². The Morgan fingerprint density at radius 1 is 1.15 bits per heavy atom. The highest BCUT2D eigenvalue weighted by molar-refractivity contribution is 7.89. The molecule has 1 amide bonds. The molecule has 0 spiro atoms. The molecule has 0 aliphatic carbocycles. The van der Waals surface area contributed by atoms with Gasteiger partial charge in [-0.05, 0) is 55.3 Å². The summed E-state index contributed by atoms with van der Waals surface area (Å²) in [5, 5.41) is 2.33. The van der Waals surface area contributed by atoms with Gasteiger partial charge in [-0.15, -0.1) is 0 Å². The van der Waals surface area contributed by atoms with Gasteiger partial charge < -0.3 is 10.1 Å². The quantitative estimate of drug-likeness (QED) is 0.786. The van der Waals surface area contributed by atoms with E-state index in [4.69, 9.17) is 4.74 Å². The third kappa shape index (κ3) is 4.88. The smallest absolute Gasteiger partial charge is 0.255 e. The van der Waals surface area contributed by atoms with E-state index in [1.807, 2.05) is 0 Å². The zero-order valence-electron chi connectivity index (χ0n) is 14.2. The van der Waals surface area contributed by atoms with Crippen LogP contribution in [0.5, 0.6) is 0 Å². The van der Waals surface area contributed by atoms with Crippen LogP contribution >= 0.6 is 0 Å². The molecule has 0 radical (unpaired) electrons. The highest BCUT2D eigenvalue weighted by Crippen LogP contribution is 2.20. The first-order valence-corrected chi connectivity index (χ1v) is 9.81. The van der Waals surface area contributed by atoms with Crippen LogP contribution in [0.2, 0.25) is 0 Å². The van der Waals surface area contributed by atoms with Crippen LogP contribution in [0.1, 0.15) is 23.2 Å². The van der Waals surface area contributed by atoms with Crippen LogP contribution in [-0.2, 0) is 14.8 Å². The fraction of sp³-hybridized carbons (Fsp3) is 0.278. The summed E-state index contributed by atoms with van der Waals surface area (Å²) in [6.07, 6.45) is 1.47. The van der Waals surface area contributed by atoms with E-state index >= 15 is 0 Å². The van der Waals surface area contributed by atoms with E-state index < -0.39 is 27.6 Å². The first-order valence-electron chi connectivity index (χ1n) is 8.33. The Labute approximate surface area is 155 Å². The van der Waals surface area contributed by atoms with Crippen molar-refractivity contribution >= 4 is 21.6 Å². The van der Waals surface area contributed by atoms with Crippen molar-refractivity contribution in [1.29, 1.82) is 0 Å². The SMILES string of the molecule is O=C(Nc1ccc(S(=O)(=O)NC[C@@H]2CCCO2)cc1F)c1ccc(F)cc1. The molecule has 1 fully saturated rings. The van der Waals surface area contributed by atoms with Crippen LogP contribution in [0, 0.1) is 11.6 Å². The van der Waals surface area contributed by atoms with Gasteiger partial charge in [0.05, 0.1) is 16.7 Å². The summed E-state index contributed by atoms with van der Waals surface area (Å²) in [5.41, 5.74) is -0.0341. The van der Waals surface area contributed by atoms with Crippen LogP contribution in [0.4, 0.5) is 14.5 Å². The zero-order valence-corrected chi connectivity index (χ0v) is 15.1. The summed E-state index contributed by atoms with van der Waals surface area (Å²) in [7, 11) is -3.90. The number of ether oxygens (including phenoxy) is 1. The Balaban J connectivity index is 1.69. The third-order valence-electron chi connectivity index (χ3n) is 4.13. The molecule has 6 nitrogen and oxygen atoms in total. The maximum absolute atomic E-state index is 14.3. The number of carbonyl (C=O) groups is 1. The summed E-state index contributed by atoms with van der Waals surface area (Å²) in [6, 6.07) is 7.94. The molecule has 0 saturated carbocycles. The molecule has 144 valence electrons. The fourth-order valence-corrected chi connectivity index (χ4v) is 3.73. The zero-order chi connectivity index (χ0) is 19.4. The summed E-state index contributed by atoms with van der Waals surface area (Å²) < 4.78 is 59.5. The van der Waals surface area contributed by atoms with Crippen molar-refractivity contribution < 1.29 is 26.7 Å². The molecule has 1 aliphatic heterocycles. The van der Waals surface area contributed by atoms with Gasteiger partial charge in [0.1, 0.15) is 11.6 Å². The number of sulfonamides is 1. The summed E-state index contributed by atoms with van der Waals surface area (Å²) in [5.74, 6) is -2.03. The van der Waals surface area contributed by atoms with Gasteiger partial charge in [0.25, 0.3) is 5.91 Å². The van der Waals surface area contributed by atoms with E-state index in [1.165, 1.54) is 18.2 Å². The molecule has 1 aliphatic rings. The lowest BCUT2D eigenvalue weighted by Gasteiger charge is -2.12. The largest absolute Gasteiger partial charge is 0.377 e. The lowest BCUT2D eigenvalue weighted by atomic mass is 10.2. The molecule has 2 aromatic rings. The molecule has 1 atom stereocenters. The number of benzene rings is 2. The van der Waals surface area contributed by atoms with Crippen molar-refractivity contribution in [1.82, 2.24) is 4.72 Å². The van der Waals surface area contributed by atoms with Gasteiger partial charge in [-0.1, -0.05) is 0 Å². The summed E-state index contributed by atoms with van der Waals surface area (Å²) in [6.45, 7) is 0.719. The van der Waals surface area contributed by atoms with Crippen molar-refractivity contribution in [2.45, 2.75) is 23.8 Å². The maximum atomic E-state index is 14.3. The van der Waals surface area contributed by atoms with Gasteiger partial charge in [-0.25, -0.2) is 21.9 Å². The first-order chi connectivity index (χ1) is 12.8. The predicted octanol–water partition coefficient (Wildman–Crippen LogP) is 2.67. The van der Waals surface area contributed by atoms with Crippen molar-refractivity contribution in [3.8, 4) is 0 Å². The molecular weight excluding hydrogens is 378 g/mol. The van der Waals surface area contributed by atoms with Crippen LogP contribution in [0.25, 0.3) is 0 Å². The highest BCUT2D eigenvalue weighted by atomic mass is 32.2. The van der Waals surface area contributed by atoms with Crippen molar-refractivity contribution in [3.05, 3.63) is 59.7 Å². The van der Waals surface area contributed by atoms with Crippen molar-refractivity contribution in [3.63, 3.8) is 0 Å². The lowest BCUT2D eigenvalue weighted by molar-refractivity contribution is 0.102. The Hall–Kier alpha value is -2.36. The number of anilines is 1. The van der Waals surface area contributed by atoms with E-state index in [-0.39, 0.29) is 28.8 Å². The van der Waals surface area contributed by atoms with E-state index in [2.05, 4.69) is 10.0 Å². The highest BCUT2D eigenvalue weighted by Gasteiger charge is 2.21. The van der Waals surface area contributed by atoms with Crippen LogP contribution in [0.15, 0.2) is 47.4 Å². The van der Waals surface area contributed by atoms with Gasteiger partial charge in [-0.3, -0.25) is 4.79 Å². The molecule has 9 heteroatoms. The molecule has 2 N–H and O–H groups in total. The van der Waals surface area contributed by atoms with Gasteiger partial charge in [0.15, 0.2) is 0 Å². The number of halogens is 2. The van der Waals surface area contributed by atoms with Crippen molar-refractivity contribution in [2.75, 3.05) is 18.5 Å². The number of carbonyl (C=O) groups excluding carboxylic acids is 1. The summed E-state index contributed by atoms with van der Waals surface area (Å²) >= 11 is 0. The first kappa shape index (κ1) is 19.4. The van der Waals surface area contributed by atoms with E-state index in [1.54, 1.807) is 0 Å². The Kier molecular flexibility index (Phi) is 5.83. The molecule has 1 saturated heterocycles. The van der Waals surface area contributed by atoms with E-state index in [0.29, 0.717) is 6.61 Å². The minimum atomic E-state index is -3.90. The van der Waals surface area contributed by atoms with Crippen molar-refractivity contribution in [2.24, 2.45) is 0 Å². The number of rotatable bonds is 6. The predicted molar refractivity (Wildman–Crippen MR) is 94.9 cm³/mol. The van der Waals surface area contributed by atoms with Gasteiger partial charge in [-0.2, -0.15) is 0 Å². The number of hydrogen-bond acceptors (Lipinski definition) is 4. The van der Waals surface area contributed by atoms with E-state index in [0.717, 1.165) is 37.1 Å². The summed E-state index contributed by atoms with van der Waals surface area (Å²) in [4.78, 5) is 11.8. The van der Waals surface area contributed by atoms with E-state index in [9.17, 15) is 22.0 Å². The van der Waals surface area contributed by atoms with Crippen LogP contribution in [-0.4, -0.2) is 33.6 Å². The van der Waals surface area contributed by atoms with Crippen LogP contribution < -0.4 is 10.0 Å². The normalized spacial score (nSPS) is 17.0. The standard InChI is InChI=1S/C18H18F2N2O4S/c19-13-5-3-12(4-6-13)18(23)22-17-8-7-15(10-16(17)20)27(24,25)21-11-14-2-1-9-26-14/h3-8,10,14,21H,1-2,9,11H2,(H,22,23)/t14-/m0/s1. The van der Waals surface area contributed by atoms with Crippen LogP contribution in [0.3, 0.4) is 0 Å². The van der Waals surface area contributed by atoms with Gasteiger partial charge in [0.2, 0.25) is 10.0 Å². The molecule has 0 aromatic heterocycles. The Morgan fingerprint density at radius 2 is 1.89 bits per heavy atom. The average Bonchev–Trinajstić information content (AvgIpc) is 3.16. The molecular formula is C18H18F2N2O4S. The topological polar surface area (TPSA) is 84.5 Å². The molecule has 1 heterocycles. The Bertz CT molecular complexity index is 927. The Morgan fingerprint density at radius 3 is 2.52 bits per heavy atom. The second-order valence-electron chi connectivity index (χ2n) is 6.09. The lowest BCUT2D eigenvalue weighted by Crippen LogP contribution is -2.31. The third-order valence-corrected chi connectivity index (χ3v) is 5.55. The fourth-order valence-electron chi connectivity index (χ4n) is 2.65. The molecule has 0 bridgehead atoms. The minimum Gasteiger partial charge on any atom is -0.377 e.